The molecule has 0 amide bonds. The fourth-order valence-corrected chi connectivity index (χ4v) is 2.98. The highest BCUT2D eigenvalue weighted by Crippen LogP contribution is 2.12. The maximum Gasteiger partial charge on any atom is 0.179 e. The van der Waals surface area contributed by atoms with E-state index in [4.69, 9.17) is 14.7 Å². The number of sulfone groups is 1. The lowest BCUT2D eigenvalue weighted by atomic mass is 10.2. The Hall–Kier alpha value is -1.46. The van der Waals surface area contributed by atoms with Crippen LogP contribution in [0.25, 0.3) is 0 Å². The number of methoxy groups -OCH3 is 2. The molecule has 1 N–H and O–H groups in total. The van der Waals surface area contributed by atoms with Crippen LogP contribution in [-0.2, 0) is 19.3 Å². The molecule has 0 spiro atoms. The maximum absolute atomic E-state index is 12.1. The lowest BCUT2D eigenvalue weighted by Crippen LogP contribution is -2.34. The molecular weight excluding hydrogens is 292 g/mol. The van der Waals surface area contributed by atoms with Crippen molar-refractivity contribution in [1.29, 1.82) is 5.26 Å². The minimum absolute atomic E-state index is 0.0364. The molecule has 7 heteroatoms. The first-order chi connectivity index (χ1) is 10.0. The van der Waals surface area contributed by atoms with Gasteiger partial charge in [0.15, 0.2) is 9.84 Å². The Labute approximate surface area is 125 Å². The van der Waals surface area contributed by atoms with E-state index in [2.05, 4.69) is 5.32 Å². The maximum atomic E-state index is 12.1. The van der Waals surface area contributed by atoms with E-state index in [1.807, 2.05) is 6.07 Å². The van der Waals surface area contributed by atoms with Crippen molar-refractivity contribution >= 4 is 9.84 Å². The van der Waals surface area contributed by atoms with Gasteiger partial charge in [-0.25, -0.2) is 8.42 Å². The molecule has 116 valence electrons. The summed E-state index contributed by atoms with van der Waals surface area (Å²) in [6, 6.07) is 7.96. The molecule has 6 nitrogen and oxygen atoms in total. The van der Waals surface area contributed by atoms with Crippen LogP contribution in [0.3, 0.4) is 0 Å². The summed E-state index contributed by atoms with van der Waals surface area (Å²) in [5.74, 6) is -0.0364. The number of hydrogen-bond donors (Lipinski definition) is 1. The van der Waals surface area contributed by atoms with Crippen LogP contribution < -0.4 is 5.32 Å². The average molecular weight is 312 g/mol. The van der Waals surface area contributed by atoms with Gasteiger partial charge in [-0.05, 0) is 18.2 Å². The molecule has 1 aromatic carbocycles. The Balaban J connectivity index is 2.52. The molecule has 0 fully saturated rings. The van der Waals surface area contributed by atoms with Crippen molar-refractivity contribution in [2.24, 2.45) is 0 Å². The Morgan fingerprint density at radius 2 is 2.14 bits per heavy atom. The topological polar surface area (TPSA) is 88.4 Å². The summed E-state index contributed by atoms with van der Waals surface area (Å²) in [5, 5.41) is 11.8. The zero-order valence-electron chi connectivity index (χ0n) is 12.2. The van der Waals surface area contributed by atoms with Crippen molar-refractivity contribution in [3.8, 4) is 6.07 Å². The average Bonchev–Trinajstić information content (AvgIpc) is 2.50. The molecule has 0 saturated heterocycles. The van der Waals surface area contributed by atoms with Crippen molar-refractivity contribution in [3.63, 3.8) is 0 Å². The van der Waals surface area contributed by atoms with E-state index in [0.717, 1.165) is 0 Å². The number of nitrogens with zero attached hydrogens (tertiary/aromatic N) is 1. The predicted molar refractivity (Wildman–Crippen MR) is 78.8 cm³/mol. The van der Waals surface area contributed by atoms with Gasteiger partial charge in [-0.1, -0.05) is 6.07 Å². The van der Waals surface area contributed by atoms with E-state index in [1.165, 1.54) is 12.1 Å². The number of nitrogens with one attached hydrogen (secondary N) is 1. The van der Waals surface area contributed by atoms with Crippen molar-refractivity contribution in [3.05, 3.63) is 29.8 Å². The fraction of sp³-hybridized carbons (Fsp3) is 0.500. The number of nitriles is 1. The van der Waals surface area contributed by atoms with Gasteiger partial charge in [0.25, 0.3) is 0 Å². The van der Waals surface area contributed by atoms with Gasteiger partial charge < -0.3 is 14.8 Å². The highest BCUT2D eigenvalue weighted by Gasteiger charge is 2.15. The van der Waals surface area contributed by atoms with Crippen molar-refractivity contribution in [1.82, 2.24) is 5.32 Å². The smallest absolute Gasteiger partial charge is 0.179 e. The lowest BCUT2D eigenvalue weighted by Gasteiger charge is -2.15. The largest absolute Gasteiger partial charge is 0.382 e. The monoisotopic (exact) mass is 312 g/mol. The van der Waals surface area contributed by atoms with Gasteiger partial charge in [0, 0.05) is 27.3 Å². The fourth-order valence-electron chi connectivity index (χ4n) is 1.74. The first-order valence-electron chi connectivity index (χ1n) is 6.49. The van der Waals surface area contributed by atoms with Gasteiger partial charge in [-0.2, -0.15) is 5.26 Å². The molecule has 0 bridgehead atoms. The predicted octanol–water partition coefficient (Wildman–Crippen LogP) is 0.583. The van der Waals surface area contributed by atoms with E-state index in [-0.39, 0.29) is 16.8 Å². The van der Waals surface area contributed by atoms with E-state index < -0.39 is 9.84 Å². The summed E-state index contributed by atoms with van der Waals surface area (Å²) in [4.78, 5) is 0.170. The third kappa shape index (κ3) is 5.81. The SMILES string of the molecule is COCC(CNCCS(=O)(=O)c1cccc(C#N)c1)OC. The van der Waals surface area contributed by atoms with Gasteiger partial charge >= 0.3 is 0 Å². The van der Waals surface area contributed by atoms with Crippen LogP contribution in [-0.4, -0.2) is 54.2 Å². The zero-order chi connectivity index (χ0) is 15.7. The van der Waals surface area contributed by atoms with Crippen molar-refractivity contribution < 1.29 is 17.9 Å². The van der Waals surface area contributed by atoms with Gasteiger partial charge in [0.2, 0.25) is 0 Å². The molecule has 0 aliphatic rings. The molecule has 0 aliphatic heterocycles. The summed E-state index contributed by atoms with van der Waals surface area (Å²) in [6.07, 6.45) is -0.111. The minimum atomic E-state index is -3.40. The number of benzene rings is 1. The van der Waals surface area contributed by atoms with Crippen LogP contribution >= 0.6 is 0 Å². The first kappa shape index (κ1) is 17.6. The van der Waals surface area contributed by atoms with Gasteiger partial charge in [0.05, 0.1) is 35.0 Å². The second kappa shape index (κ2) is 8.74. The second-order valence-corrected chi connectivity index (χ2v) is 6.58. The summed E-state index contributed by atoms with van der Waals surface area (Å²) in [5.41, 5.74) is 0.337. The zero-order valence-corrected chi connectivity index (χ0v) is 13.0. The standard InChI is InChI=1S/C14H20N2O4S/c1-19-11-13(20-2)10-16-6-7-21(17,18)14-5-3-4-12(8-14)9-15/h3-5,8,13,16H,6-7,10-11H2,1-2H3. The second-order valence-electron chi connectivity index (χ2n) is 4.48. The summed E-state index contributed by atoms with van der Waals surface area (Å²) in [6.45, 7) is 1.27. The highest BCUT2D eigenvalue weighted by molar-refractivity contribution is 7.91. The molecule has 1 aromatic rings. The van der Waals surface area contributed by atoms with E-state index in [9.17, 15) is 8.42 Å². The van der Waals surface area contributed by atoms with Gasteiger partial charge in [-0.15, -0.1) is 0 Å². The number of ether oxygens (including phenoxy) is 2. The highest BCUT2D eigenvalue weighted by atomic mass is 32.2. The van der Waals surface area contributed by atoms with Crippen molar-refractivity contribution in [2.45, 2.75) is 11.0 Å². The molecule has 1 unspecified atom stereocenters. The lowest BCUT2D eigenvalue weighted by molar-refractivity contribution is 0.0293. The van der Waals surface area contributed by atoms with Crippen molar-refractivity contribution in [2.75, 3.05) is 39.7 Å². The normalized spacial score (nSPS) is 12.8. The third-order valence-corrected chi connectivity index (χ3v) is 4.64. The van der Waals surface area contributed by atoms with E-state index in [1.54, 1.807) is 26.4 Å². The van der Waals surface area contributed by atoms with Crippen LogP contribution in [0, 0.1) is 11.3 Å². The summed E-state index contributed by atoms with van der Waals surface area (Å²) >= 11 is 0. The van der Waals surface area contributed by atoms with Crippen LogP contribution in [0.4, 0.5) is 0 Å². The van der Waals surface area contributed by atoms with Gasteiger partial charge in [-0.3, -0.25) is 0 Å². The van der Waals surface area contributed by atoms with Crippen LogP contribution in [0.15, 0.2) is 29.2 Å². The Morgan fingerprint density at radius 3 is 2.76 bits per heavy atom. The molecule has 1 rings (SSSR count). The first-order valence-corrected chi connectivity index (χ1v) is 8.14. The molecule has 0 aliphatic carbocycles. The molecule has 0 heterocycles. The van der Waals surface area contributed by atoms with Crippen LogP contribution in [0.1, 0.15) is 5.56 Å². The minimum Gasteiger partial charge on any atom is -0.382 e. The molecule has 0 saturated carbocycles. The summed E-state index contributed by atoms with van der Waals surface area (Å²) < 4.78 is 34.4. The molecule has 0 aromatic heterocycles. The molecule has 1 atom stereocenters. The van der Waals surface area contributed by atoms with Crippen LogP contribution in [0.2, 0.25) is 0 Å². The Kier molecular flexibility index (Phi) is 7.32. The van der Waals surface area contributed by atoms with Gasteiger partial charge in [0.1, 0.15) is 0 Å². The van der Waals surface area contributed by atoms with Crippen LogP contribution in [0.5, 0.6) is 0 Å². The summed E-state index contributed by atoms with van der Waals surface area (Å²) in [7, 11) is -0.235. The Bertz CT molecular complexity index is 581. The van der Waals surface area contributed by atoms with E-state index in [0.29, 0.717) is 25.3 Å². The van der Waals surface area contributed by atoms with E-state index >= 15 is 0 Å². The quantitative estimate of drug-likeness (QED) is 0.671. The number of rotatable bonds is 9. The molecule has 0 radical (unpaired) electrons. The molecule has 21 heavy (non-hydrogen) atoms. The number of hydrogen-bond acceptors (Lipinski definition) is 6. The third-order valence-electron chi connectivity index (χ3n) is 2.93. The Morgan fingerprint density at radius 1 is 1.38 bits per heavy atom. The molecular formula is C14H20N2O4S.